The highest BCUT2D eigenvalue weighted by atomic mass is 16.1. The molecule has 1 nitrogen and oxygen atoms in total. The van der Waals surface area contributed by atoms with Crippen LogP contribution in [0, 0.1) is 11.8 Å². The molecule has 1 heteroatoms. The number of carbonyl (C=O) groups excluding carboxylic acids is 1. The molecule has 0 aromatic carbocycles. The highest BCUT2D eigenvalue weighted by molar-refractivity contribution is 5.93. The molecule has 78 valence electrons. The van der Waals surface area contributed by atoms with Crippen LogP contribution in [0.5, 0.6) is 0 Å². The molecule has 0 aromatic heterocycles. The fourth-order valence-corrected chi connectivity index (χ4v) is 2.44. The van der Waals surface area contributed by atoms with Gasteiger partial charge in [0.1, 0.15) is 0 Å². The van der Waals surface area contributed by atoms with Crippen molar-refractivity contribution in [2.45, 2.75) is 51.4 Å². The predicted octanol–water partition coefficient (Wildman–Crippen LogP) is 3.49. The van der Waals surface area contributed by atoms with Crippen molar-refractivity contribution in [3.63, 3.8) is 0 Å². The van der Waals surface area contributed by atoms with Gasteiger partial charge in [0.25, 0.3) is 0 Å². The Morgan fingerprint density at radius 1 is 1.07 bits per heavy atom. The first-order chi connectivity index (χ1) is 6.88. The van der Waals surface area contributed by atoms with Gasteiger partial charge in [-0.25, -0.2) is 0 Å². The van der Waals surface area contributed by atoms with Gasteiger partial charge in [-0.15, -0.1) is 0 Å². The zero-order valence-corrected chi connectivity index (χ0v) is 8.87. The summed E-state index contributed by atoms with van der Waals surface area (Å²) < 4.78 is 0. The molecule has 14 heavy (non-hydrogen) atoms. The Bertz CT molecular complexity index is 229. The van der Waals surface area contributed by atoms with Crippen molar-refractivity contribution in [3.05, 3.63) is 12.2 Å². The molecule has 0 amide bonds. The van der Waals surface area contributed by atoms with E-state index in [2.05, 4.69) is 6.08 Å². The lowest BCUT2D eigenvalue weighted by atomic mass is 10.0. The van der Waals surface area contributed by atoms with Gasteiger partial charge in [-0.3, -0.25) is 4.79 Å². The lowest BCUT2D eigenvalue weighted by molar-refractivity contribution is -0.116. The number of allylic oxidation sites excluding steroid dienone is 2. The molecule has 2 aliphatic carbocycles. The van der Waals surface area contributed by atoms with E-state index in [9.17, 15) is 4.79 Å². The number of rotatable bonds is 0. The molecule has 2 aliphatic rings. The van der Waals surface area contributed by atoms with Crippen LogP contribution >= 0.6 is 0 Å². The minimum atomic E-state index is 0.399. The van der Waals surface area contributed by atoms with Crippen molar-refractivity contribution < 1.29 is 4.79 Å². The third-order valence-corrected chi connectivity index (χ3v) is 3.52. The van der Waals surface area contributed by atoms with Crippen LogP contribution in [0.3, 0.4) is 0 Å². The third kappa shape index (κ3) is 2.70. The van der Waals surface area contributed by atoms with Crippen LogP contribution in [-0.4, -0.2) is 5.78 Å². The second kappa shape index (κ2) is 4.77. The summed E-state index contributed by atoms with van der Waals surface area (Å²) in [5.41, 5.74) is 0. The molecule has 1 saturated carbocycles. The van der Waals surface area contributed by atoms with E-state index in [1.165, 1.54) is 44.9 Å². The fraction of sp³-hybridized carbons (Fsp3) is 0.769. The maximum Gasteiger partial charge on any atom is 0.158 e. The van der Waals surface area contributed by atoms with Gasteiger partial charge in [0, 0.05) is 5.92 Å². The molecule has 0 spiro atoms. The second-order valence-electron chi connectivity index (χ2n) is 4.75. The highest BCUT2D eigenvalue weighted by Crippen LogP contribution is 2.43. The van der Waals surface area contributed by atoms with Gasteiger partial charge in [0.2, 0.25) is 0 Å². The summed E-state index contributed by atoms with van der Waals surface area (Å²) in [5.74, 6) is 1.55. The summed E-state index contributed by atoms with van der Waals surface area (Å²) >= 11 is 0. The molecular formula is C13H20O. The Labute approximate surface area is 86.6 Å². The Balaban J connectivity index is 1.86. The molecule has 1 fully saturated rings. The highest BCUT2D eigenvalue weighted by Gasteiger charge is 2.40. The molecule has 0 aliphatic heterocycles. The van der Waals surface area contributed by atoms with Gasteiger partial charge < -0.3 is 0 Å². The van der Waals surface area contributed by atoms with Gasteiger partial charge in [-0.1, -0.05) is 31.8 Å². The predicted molar refractivity (Wildman–Crippen MR) is 58.1 cm³/mol. The van der Waals surface area contributed by atoms with Crippen molar-refractivity contribution in [3.8, 4) is 0 Å². The number of hydrogen-bond acceptors (Lipinski definition) is 1. The molecule has 0 radical (unpaired) electrons. The molecule has 2 rings (SSSR count). The topological polar surface area (TPSA) is 17.1 Å². The summed E-state index contributed by atoms with van der Waals surface area (Å²) in [6.07, 6.45) is 14.2. The van der Waals surface area contributed by atoms with Crippen molar-refractivity contribution >= 4 is 5.78 Å². The van der Waals surface area contributed by atoms with Crippen molar-refractivity contribution in [2.24, 2.45) is 11.8 Å². The zero-order valence-electron chi connectivity index (χ0n) is 8.87. The standard InChI is InChI=1S/C13H20O/c14-13-9-7-5-3-1-2-4-6-8-11-10-12(11)13/h7,9,11-12H,1-6,8,10H2/b9-7-/t11-,12-/m1/s1. The van der Waals surface area contributed by atoms with Gasteiger partial charge in [-0.2, -0.15) is 0 Å². The van der Waals surface area contributed by atoms with Crippen molar-refractivity contribution in [1.29, 1.82) is 0 Å². The van der Waals surface area contributed by atoms with Crippen LogP contribution in [0.1, 0.15) is 51.4 Å². The van der Waals surface area contributed by atoms with Crippen LogP contribution in [-0.2, 0) is 4.79 Å². The number of carbonyl (C=O) groups is 1. The molecule has 0 bridgehead atoms. The first kappa shape index (κ1) is 9.95. The first-order valence-corrected chi connectivity index (χ1v) is 6.08. The molecule has 0 aromatic rings. The summed E-state index contributed by atoms with van der Waals surface area (Å²) in [6.45, 7) is 0. The molecule has 0 N–H and O–H groups in total. The van der Waals surface area contributed by atoms with E-state index in [0.29, 0.717) is 11.7 Å². The van der Waals surface area contributed by atoms with Gasteiger partial charge in [0.05, 0.1) is 0 Å². The maximum absolute atomic E-state index is 11.6. The van der Waals surface area contributed by atoms with E-state index < -0.39 is 0 Å². The Morgan fingerprint density at radius 3 is 2.79 bits per heavy atom. The van der Waals surface area contributed by atoms with Crippen LogP contribution in [0.15, 0.2) is 12.2 Å². The monoisotopic (exact) mass is 192 g/mol. The SMILES string of the molecule is O=C1/C=C\CCCCCCC[C@@H]2C[C@@H]12. The fourth-order valence-electron chi connectivity index (χ4n) is 2.44. The van der Waals surface area contributed by atoms with Crippen LogP contribution in [0.2, 0.25) is 0 Å². The average Bonchev–Trinajstić information content (AvgIpc) is 2.92. The van der Waals surface area contributed by atoms with Gasteiger partial charge >= 0.3 is 0 Å². The zero-order chi connectivity index (χ0) is 9.80. The van der Waals surface area contributed by atoms with Crippen LogP contribution < -0.4 is 0 Å². The quantitative estimate of drug-likeness (QED) is 0.574. The van der Waals surface area contributed by atoms with Crippen LogP contribution in [0.4, 0.5) is 0 Å². The van der Waals surface area contributed by atoms with Gasteiger partial charge in [0.15, 0.2) is 5.78 Å². The molecule has 0 saturated heterocycles. The number of hydrogen-bond donors (Lipinski definition) is 0. The van der Waals surface area contributed by atoms with E-state index in [-0.39, 0.29) is 0 Å². The van der Waals surface area contributed by atoms with E-state index in [1.807, 2.05) is 6.08 Å². The smallest absolute Gasteiger partial charge is 0.158 e. The third-order valence-electron chi connectivity index (χ3n) is 3.52. The summed E-state index contributed by atoms with van der Waals surface area (Å²) in [7, 11) is 0. The van der Waals surface area contributed by atoms with Crippen molar-refractivity contribution in [2.75, 3.05) is 0 Å². The number of fused-ring (bicyclic) bond motifs is 1. The molecule has 2 atom stereocenters. The van der Waals surface area contributed by atoms with E-state index in [0.717, 1.165) is 12.3 Å². The van der Waals surface area contributed by atoms with E-state index in [1.54, 1.807) is 0 Å². The Kier molecular flexibility index (Phi) is 3.39. The van der Waals surface area contributed by atoms with E-state index in [4.69, 9.17) is 0 Å². The number of ketones is 1. The lowest BCUT2D eigenvalue weighted by Crippen LogP contribution is -1.98. The Morgan fingerprint density at radius 2 is 1.86 bits per heavy atom. The average molecular weight is 192 g/mol. The largest absolute Gasteiger partial charge is 0.295 e. The summed E-state index contributed by atoms with van der Waals surface area (Å²) in [6, 6.07) is 0. The summed E-state index contributed by atoms with van der Waals surface area (Å²) in [4.78, 5) is 11.6. The minimum absolute atomic E-state index is 0.399. The maximum atomic E-state index is 11.6. The molecular weight excluding hydrogens is 172 g/mol. The van der Waals surface area contributed by atoms with E-state index >= 15 is 0 Å². The Hall–Kier alpha value is -0.590. The first-order valence-electron chi connectivity index (χ1n) is 6.08. The minimum Gasteiger partial charge on any atom is -0.295 e. The lowest BCUT2D eigenvalue weighted by Gasteiger charge is -2.02. The molecule has 0 heterocycles. The summed E-state index contributed by atoms with van der Waals surface area (Å²) in [5, 5.41) is 0. The van der Waals surface area contributed by atoms with Crippen LogP contribution in [0.25, 0.3) is 0 Å². The normalized spacial score (nSPS) is 36.4. The molecule has 0 unspecified atom stereocenters. The van der Waals surface area contributed by atoms with Gasteiger partial charge in [-0.05, 0) is 37.7 Å². The second-order valence-corrected chi connectivity index (χ2v) is 4.75. The van der Waals surface area contributed by atoms with Crippen molar-refractivity contribution in [1.82, 2.24) is 0 Å².